The highest BCUT2D eigenvalue weighted by molar-refractivity contribution is 9.10. The number of sulfonamides is 1. The van der Waals surface area contributed by atoms with E-state index in [1.54, 1.807) is 0 Å². The van der Waals surface area contributed by atoms with Gasteiger partial charge < -0.3 is 5.32 Å². The van der Waals surface area contributed by atoms with Gasteiger partial charge in [-0.1, -0.05) is 29.8 Å². The van der Waals surface area contributed by atoms with Gasteiger partial charge in [-0.15, -0.1) is 0 Å². The van der Waals surface area contributed by atoms with Crippen molar-refractivity contribution in [2.24, 2.45) is 0 Å². The van der Waals surface area contributed by atoms with Gasteiger partial charge in [0.2, 0.25) is 10.0 Å². The molecule has 0 heterocycles. The summed E-state index contributed by atoms with van der Waals surface area (Å²) in [5.41, 5.74) is 2.68. The molecule has 0 aliphatic heterocycles. The van der Waals surface area contributed by atoms with Gasteiger partial charge in [0, 0.05) is 16.2 Å². The van der Waals surface area contributed by atoms with E-state index in [1.165, 1.54) is 0 Å². The van der Waals surface area contributed by atoms with Crippen LogP contribution in [0, 0.1) is 13.8 Å². The third-order valence-corrected chi connectivity index (χ3v) is 5.73. The first-order valence-corrected chi connectivity index (χ1v) is 9.66. The van der Waals surface area contributed by atoms with Crippen LogP contribution in [0.1, 0.15) is 37.8 Å². The molecule has 0 spiro atoms. The Morgan fingerprint density at radius 1 is 1.14 bits per heavy atom. The van der Waals surface area contributed by atoms with Crippen LogP contribution in [0.15, 0.2) is 16.6 Å². The highest BCUT2D eigenvalue weighted by Crippen LogP contribution is 2.25. The van der Waals surface area contributed by atoms with Gasteiger partial charge in [0.1, 0.15) is 0 Å². The van der Waals surface area contributed by atoms with E-state index < -0.39 is 10.0 Å². The average Bonchev–Trinajstić information content (AvgIpc) is 2.34. The number of benzene rings is 1. The van der Waals surface area contributed by atoms with Gasteiger partial charge in [0.25, 0.3) is 0 Å². The maximum absolute atomic E-state index is 12.1. The monoisotopic (exact) mass is 376 g/mol. The first-order valence-electron chi connectivity index (χ1n) is 7.22. The third-order valence-electron chi connectivity index (χ3n) is 3.10. The van der Waals surface area contributed by atoms with Crippen molar-refractivity contribution in [1.29, 1.82) is 0 Å². The molecule has 0 amide bonds. The van der Waals surface area contributed by atoms with Crippen LogP contribution >= 0.6 is 15.9 Å². The maximum atomic E-state index is 12.1. The molecule has 0 aromatic heterocycles. The van der Waals surface area contributed by atoms with E-state index in [-0.39, 0.29) is 5.75 Å². The molecule has 120 valence electrons. The lowest BCUT2D eigenvalue weighted by Crippen LogP contribution is -2.24. The molecule has 2 N–H and O–H groups in total. The molecule has 1 rings (SSSR count). The zero-order chi connectivity index (χ0) is 16.0. The standard InChI is InChI=1S/C15H25BrN2O2S/c1-11(2)17-7-5-6-8-21(19,20)18-14-9-12(3)15(16)13(4)10-14/h9-11,17-18H,5-8H2,1-4H3. The molecule has 0 saturated heterocycles. The first-order chi connectivity index (χ1) is 9.71. The van der Waals surface area contributed by atoms with Crippen molar-refractivity contribution in [3.05, 3.63) is 27.7 Å². The Morgan fingerprint density at radius 2 is 1.71 bits per heavy atom. The zero-order valence-corrected chi connectivity index (χ0v) is 15.6. The lowest BCUT2D eigenvalue weighted by Gasteiger charge is -2.12. The minimum absolute atomic E-state index is 0.154. The molecule has 6 heteroatoms. The van der Waals surface area contributed by atoms with Gasteiger partial charge in [0.05, 0.1) is 5.75 Å². The zero-order valence-electron chi connectivity index (χ0n) is 13.2. The number of unbranched alkanes of at least 4 members (excludes halogenated alkanes) is 1. The highest BCUT2D eigenvalue weighted by Gasteiger charge is 2.11. The van der Waals surface area contributed by atoms with Crippen LogP contribution in [0.5, 0.6) is 0 Å². The van der Waals surface area contributed by atoms with E-state index in [4.69, 9.17) is 0 Å². The van der Waals surface area contributed by atoms with Gasteiger partial charge >= 0.3 is 0 Å². The van der Waals surface area contributed by atoms with Crippen LogP contribution in [-0.2, 0) is 10.0 Å². The molecule has 0 unspecified atom stereocenters. The number of anilines is 1. The van der Waals surface area contributed by atoms with Gasteiger partial charge in [0.15, 0.2) is 0 Å². The van der Waals surface area contributed by atoms with E-state index in [0.717, 1.165) is 28.6 Å². The van der Waals surface area contributed by atoms with Crippen molar-refractivity contribution < 1.29 is 8.42 Å². The minimum Gasteiger partial charge on any atom is -0.315 e. The predicted octanol–water partition coefficient (Wildman–Crippen LogP) is 3.59. The molecule has 4 nitrogen and oxygen atoms in total. The van der Waals surface area contributed by atoms with Gasteiger partial charge in [-0.3, -0.25) is 4.72 Å². The van der Waals surface area contributed by atoms with Crippen molar-refractivity contribution in [3.63, 3.8) is 0 Å². The summed E-state index contributed by atoms with van der Waals surface area (Å²) in [7, 11) is -3.27. The Balaban J connectivity index is 2.53. The fourth-order valence-corrected chi connectivity index (χ4v) is 3.44. The second-order valence-corrected chi connectivity index (χ2v) is 8.30. The summed E-state index contributed by atoms with van der Waals surface area (Å²) in [6.45, 7) is 8.91. The lowest BCUT2D eigenvalue weighted by atomic mass is 10.1. The van der Waals surface area contributed by atoms with E-state index in [0.29, 0.717) is 18.2 Å². The normalized spacial score (nSPS) is 11.9. The molecular weight excluding hydrogens is 352 g/mol. The Hall–Kier alpha value is -0.590. The second-order valence-electron chi connectivity index (χ2n) is 5.66. The van der Waals surface area contributed by atoms with Crippen molar-refractivity contribution in [2.45, 2.75) is 46.6 Å². The number of nitrogens with one attached hydrogen (secondary N) is 2. The van der Waals surface area contributed by atoms with Crippen molar-refractivity contribution in [2.75, 3.05) is 17.0 Å². The van der Waals surface area contributed by atoms with Crippen molar-refractivity contribution in [1.82, 2.24) is 5.32 Å². The summed E-state index contributed by atoms with van der Waals surface area (Å²) in [6, 6.07) is 4.12. The van der Waals surface area contributed by atoms with Crippen LogP contribution in [0.3, 0.4) is 0 Å². The lowest BCUT2D eigenvalue weighted by molar-refractivity contribution is 0.561. The number of rotatable bonds is 8. The van der Waals surface area contributed by atoms with Crippen LogP contribution < -0.4 is 10.0 Å². The molecule has 0 fully saturated rings. The van der Waals surface area contributed by atoms with E-state index >= 15 is 0 Å². The molecule has 0 bridgehead atoms. The van der Waals surface area contributed by atoms with Gasteiger partial charge in [-0.2, -0.15) is 0 Å². The number of halogens is 1. The van der Waals surface area contributed by atoms with Crippen LogP contribution in [0.4, 0.5) is 5.69 Å². The molecule has 1 aromatic carbocycles. The Labute approximate surface area is 136 Å². The molecular formula is C15H25BrN2O2S. The van der Waals surface area contributed by atoms with Gasteiger partial charge in [-0.25, -0.2) is 8.42 Å². The number of hydrogen-bond acceptors (Lipinski definition) is 3. The second kappa shape index (κ2) is 8.15. The number of aryl methyl sites for hydroxylation is 2. The fraction of sp³-hybridized carbons (Fsp3) is 0.600. The summed E-state index contributed by atoms with van der Waals surface area (Å²) in [5, 5.41) is 3.28. The van der Waals surface area contributed by atoms with E-state index in [2.05, 4.69) is 39.8 Å². The number of hydrogen-bond donors (Lipinski definition) is 2. The van der Waals surface area contributed by atoms with Crippen LogP contribution in [-0.4, -0.2) is 26.8 Å². The Morgan fingerprint density at radius 3 is 2.24 bits per heavy atom. The molecule has 21 heavy (non-hydrogen) atoms. The van der Waals surface area contributed by atoms with E-state index in [1.807, 2.05) is 26.0 Å². The molecule has 0 aliphatic carbocycles. The summed E-state index contributed by atoms with van der Waals surface area (Å²) in [4.78, 5) is 0. The van der Waals surface area contributed by atoms with Crippen molar-refractivity contribution >= 4 is 31.6 Å². The Bertz CT molecular complexity index is 548. The molecule has 0 atom stereocenters. The summed E-state index contributed by atoms with van der Waals surface area (Å²) in [5.74, 6) is 0.154. The third kappa shape index (κ3) is 6.80. The summed E-state index contributed by atoms with van der Waals surface area (Å²) in [6.07, 6.45) is 1.51. The topological polar surface area (TPSA) is 58.2 Å². The fourth-order valence-electron chi connectivity index (χ4n) is 2.04. The van der Waals surface area contributed by atoms with E-state index in [9.17, 15) is 8.42 Å². The van der Waals surface area contributed by atoms with Crippen LogP contribution in [0.25, 0.3) is 0 Å². The molecule has 0 aliphatic rings. The summed E-state index contributed by atoms with van der Waals surface area (Å²) < 4.78 is 27.8. The average molecular weight is 377 g/mol. The molecule has 0 radical (unpaired) electrons. The minimum atomic E-state index is -3.27. The van der Waals surface area contributed by atoms with Gasteiger partial charge in [-0.05, 0) is 56.5 Å². The smallest absolute Gasteiger partial charge is 0.232 e. The molecule has 0 saturated carbocycles. The van der Waals surface area contributed by atoms with Crippen molar-refractivity contribution in [3.8, 4) is 0 Å². The van der Waals surface area contributed by atoms with Crippen LogP contribution in [0.2, 0.25) is 0 Å². The highest BCUT2D eigenvalue weighted by atomic mass is 79.9. The maximum Gasteiger partial charge on any atom is 0.232 e. The Kier molecular flexibility index (Phi) is 7.16. The quantitative estimate of drug-likeness (QED) is 0.681. The SMILES string of the molecule is Cc1cc(NS(=O)(=O)CCCCNC(C)C)cc(C)c1Br. The largest absolute Gasteiger partial charge is 0.315 e. The summed E-state index contributed by atoms with van der Waals surface area (Å²) >= 11 is 3.48. The molecule has 1 aromatic rings. The first kappa shape index (κ1) is 18.5. The predicted molar refractivity (Wildman–Crippen MR) is 93.4 cm³/mol.